The van der Waals surface area contributed by atoms with Crippen molar-refractivity contribution in [2.45, 2.75) is 53.1 Å². The summed E-state index contributed by atoms with van der Waals surface area (Å²) in [5.41, 5.74) is 1.96. The molecule has 1 aliphatic carbocycles. The minimum Gasteiger partial charge on any atom is -0.370 e. The SMILES string of the molecule is CCOP(=O)(C[C@H]1C(P(=O)(OCC)OCC)=C[C@H](OCc2ccccc2)[C@H]1OCc1ccccc1)OCC. The van der Waals surface area contributed by atoms with Crippen molar-refractivity contribution in [1.82, 2.24) is 0 Å². The highest BCUT2D eigenvalue weighted by Crippen LogP contribution is 2.64. The summed E-state index contributed by atoms with van der Waals surface area (Å²) in [6, 6.07) is 19.5. The number of hydrogen-bond donors (Lipinski definition) is 0. The maximum atomic E-state index is 14.1. The van der Waals surface area contributed by atoms with E-state index in [0.29, 0.717) is 11.9 Å². The van der Waals surface area contributed by atoms with Gasteiger partial charge in [0.05, 0.1) is 51.9 Å². The molecule has 0 bridgehead atoms. The van der Waals surface area contributed by atoms with E-state index in [2.05, 4.69) is 0 Å². The van der Waals surface area contributed by atoms with Crippen LogP contribution in [0.1, 0.15) is 38.8 Å². The standard InChI is InChI=1S/C28H40O8P2/c1-5-33-37(29,34-6-2)22-25-27(38(30,35-7-3)36-8-4)19-26(31-20-23-15-11-9-12-16-23)28(25)32-21-24-17-13-10-14-18-24/h9-19,25-26,28H,5-8,20-22H2,1-4H3/t25-,26-,28-/m0/s1. The number of hydrogen-bond acceptors (Lipinski definition) is 8. The number of ether oxygens (including phenoxy) is 2. The third-order valence-electron chi connectivity index (χ3n) is 5.99. The highest BCUT2D eigenvalue weighted by molar-refractivity contribution is 7.58. The van der Waals surface area contributed by atoms with Gasteiger partial charge in [-0.05, 0) is 44.9 Å². The van der Waals surface area contributed by atoms with Gasteiger partial charge in [-0.15, -0.1) is 0 Å². The van der Waals surface area contributed by atoms with Gasteiger partial charge in [0.2, 0.25) is 0 Å². The fourth-order valence-corrected chi connectivity index (χ4v) is 8.60. The molecule has 0 spiro atoms. The molecule has 38 heavy (non-hydrogen) atoms. The van der Waals surface area contributed by atoms with Crippen LogP contribution in [0.5, 0.6) is 0 Å². The van der Waals surface area contributed by atoms with Crippen LogP contribution in [0.2, 0.25) is 0 Å². The summed E-state index contributed by atoms with van der Waals surface area (Å²) in [5.74, 6) is -0.646. The first kappa shape index (κ1) is 30.9. The molecule has 0 heterocycles. The van der Waals surface area contributed by atoms with Crippen molar-refractivity contribution in [1.29, 1.82) is 0 Å². The van der Waals surface area contributed by atoms with Crippen molar-refractivity contribution in [2.75, 3.05) is 32.6 Å². The first-order chi connectivity index (χ1) is 18.4. The van der Waals surface area contributed by atoms with Gasteiger partial charge < -0.3 is 27.6 Å². The van der Waals surface area contributed by atoms with E-state index in [0.717, 1.165) is 11.1 Å². The van der Waals surface area contributed by atoms with Crippen LogP contribution in [0.3, 0.4) is 0 Å². The van der Waals surface area contributed by atoms with Crippen LogP contribution in [-0.4, -0.2) is 44.8 Å². The lowest BCUT2D eigenvalue weighted by atomic mass is 10.1. The van der Waals surface area contributed by atoms with E-state index in [1.165, 1.54) is 0 Å². The molecule has 210 valence electrons. The summed E-state index contributed by atoms with van der Waals surface area (Å²) in [4.78, 5) is 0. The predicted octanol–water partition coefficient (Wildman–Crippen LogP) is 7.20. The van der Waals surface area contributed by atoms with E-state index in [1.807, 2.05) is 60.7 Å². The van der Waals surface area contributed by atoms with Crippen LogP contribution < -0.4 is 0 Å². The average molecular weight is 567 g/mol. The average Bonchev–Trinajstić information content (AvgIpc) is 3.25. The van der Waals surface area contributed by atoms with Gasteiger partial charge in [-0.25, -0.2) is 0 Å². The van der Waals surface area contributed by atoms with Crippen LogP contribution in [0.15, 0.2) is 72.1 Å². The topological polar surface area (TPSA) is 89.5 Å². The molecule has 8 nitrogen and oxygen atoms in total. The molecule has 2 aromatic rings. The Balaban J connectivity index is 2.01. The van der Waals surface area contributed by atoms with Gasteiger partial charge >= 0.3 is 15.2 Å². The summed E-state index contributed by atoms with van der Waals surface area (Å²) in [6.07, 6.45) is 0.495. The molecule has 0 amide bonds. The van der Waals surface area contributed by atoms with E-state index in [9.17, 15) is 9.13 Å². The van der Waals surface area contributed by atoms with E-state index in [4.69, 9.17) is 27.6 Å². The van der Waals surface area contributed by atoms with Crippen LogP contribution in [0.4, 0.5) is 0 Å². The molecule has 10 heteroatoms. The van der Waals surface area contributed by atoms with E-state index >= 15 is 0 Å². The maximum Gasteiger partial charge on any atom is 0.357 e. The van der Waals surface area contributed by atoms with E-state index in [-0.39, 0.29) is 39.2 Å². The Morgan fingerprint density at radius 2 is 1.13 bits per heavy atom. The minimum atomic E-state index is -3.74. The third-order valence-corrected chi connectivity index (χ3v) is 10.4. The molecule has 1 aliphatic rings. The van der Waals surface area contributed by atoms with Crippen molar-refractivity contribution in [3.8, 4) is 0 Å². The van der Waals surface area contributed by atoms with Crippen molar-refractivity contribution >= 4 is 15.2 Å². The summed E-state index contributed by atoms with van der Waals surface area (Å²) in [5, 5.41) is 0.386. The van der Waals surface area contributed by atoms with Gasteiger partial charge in [0, 0.05) is 11.2 Å². The Hall–Kier alpha value is -1.60. The first-order valence-corrected chi connectivity index (χ1v) is 16.5. The molecule has 0 saturated carbocycles. The molecule has 0 radical (unpaired) electrons. The fraction of sp³-hybridized carbons (Fsp3) is 0.500. The maximum absolute atomic E-state index is 14.1. The second kappa shape index (κ2) is 15.3. The Labute approximate surface area is 226 Å². The Kier molecular flexibility index (Phi) is 12.4. The molecule has 0 aliphatic heterocycles. The molecular weight excluding hydrogens is 526 g/mol. The summed E-state index contributed by atoms with van der Waals surface area (Å²) in [7, 11) is -7.30. The lowest BCUT2D eigenvalue weighted by molar-refractivity contribution is -0.0716. The highest BCUT2D eigenvalue weighted by atomic mass is 31.2. The van der Waals surface area contributed by atoms with Crippen LogP contribution >= 0.6 is 15.2 Å². The van der Waals surface area contributed by atoms with Gasteiger partial charge in [0.1, 0.15) is 6.10 Å². The molecule has 0 aromatic heterocycles. The van der Waals surface area contributed by atoms with E-state index in [1.54, 1.807) is 33.8 Å². The second-order valence-corrected chi connectivity index (χ2v) is 12.8. The molecule has 0 saturated heterocycles. The normalized spacial score (nSPS) is 20.0. The highest BCUT2D eigenvalue weighted by Gasteiger charge is 2.50. The Morgan fingerprint density at radius 1 is 0.658 bits per heavy atom. The Morgan fingerprint density at radius 3 is 1.61 bits per heavy atom. The van der Waals surface area contributed by atoms with Gasteiger partial charge in [0.25, 0.3) is 0 Å². The van der Waals surface area contributed by atoms with Crippen molar-refractivity contribution < 1.29 is 36.7 Å². The zero-order valence-electron chi connectivity index (χ0n) is 22.7. The van der Waals surface area contributed by atoms with Crippen LogP contribution in [0, 0.1) is 5.92 Å². The predicted molar refractivity (Wildman–Crippen MR) is 148 cm³/mol. The first-order valence-electron chi connectivity index (χ1n) is 13.2. The zero-order chi connectivity index (χ0) is 27.4. The quantitative estimate of drug-likeness (QED) is 0.186. The smallest absolute Gasteiger partial charge is 0.357 e. The van der Waals surface area contributed by atoms with Gasteiger partial charge in [-0.3, -0.25) is 9.13 Å². The van der Waals surface area contributed by atoms with Crippen molar-refractivity contribution in [3.05, 3.63) is 83.2 Å². The largest absolute Gasteiger partial charge is 0.370 e. The second-order valence-electron chi connectivity index (χ2n) is 8.68. The Bertz CT molecular complexity index is 1070. The zero-order valence-corrected chi connectivity index (χ0v) is 24.5. The number of rotatable bonds is 17. The minimum absolute atomic E-state index is 0.0463. The molecule has 3 rings (SSSR count). The van der Waals surface area contributed by atoms with Crippen LogP contribution in [-0.2, 0) is 49.9 Å². The molecule has 0 N–H and O–H groups in total. The number of benzene rings is 2. The lowest BCUT2D eigenvalue weighted by Gasteiger charge is -2.31. The van der Waals surface area contributed by atoms with Gasteiger partial charge in [-0.2, -0.15) is 0 Å². The molecule has 0 unspecified atom stereocenters. The summed E-state index contributed by atoms with van der Waals surface area (Å²) >= 11 is 0. The van der Waals surface area contributed by atoms with Gasteiger partial charge in [0.15, 0.2) is 0 Å². The molecule has 3 atom stereocenters. The van der Waals surface area contributed by atoms with Gasteiger partial charge in [-0.1, -0.05) is 60.7 Å². The van der Waals surface area contributed by atoms with Crippen molar-refractivity contribution in [3.63, 3.8) is 0 Å². The molecular formula is C28H40O8P2. The third kappa shape index (κ3) is 8.45. The lowest BCUT2D eigenvalue weighted by Crippen LogP contribution is -2.34. The molecule has 2 aromatic carbocycles. The fourth-order valence-electron chi connectivity index (χ4n) is 4.47. The van der Waals surface area contributed by atoms with E-state index < -0.39 is 33.3 Å². The van der Waals surface area contributed by atoms with Crippen LogP contribution in [0.25, 0.3) is 0 Å². The summed E-state index contributed by atoms with van der Waals surface area (Å²) in [6.45, 7) is 8.42. The van der Waals surface area contributed by atoms with Crippen molar-refractivity contribution in [2.24, 2.45) is 5.92 Å². The molecule has 0 fully saturated rings. The monoisotopic (exact) mass is 566 g/mol. The summed E-state index contributed by atoms with van der Waals surface area (Å²) < 4.78 is 63.3.